The molecule has 2 heterocycles. The number of amides is 2. The van der Waals surface area contributed by atoms with Crippen LogP contribution in [0.4, 0.5) is 17.6 Å². The summed E-state index contributed by atoms with van der Waals surface area (Å²) in [5, 5.41) is 9.46. The van der Waals surface area contributed by atoms with E-state index in [4.69, 9.17) is 4.52 Å². The van der Waals surface area contributed by atoms with Gasteiger partial charge in [0, 0.05) is 32.8 Å². The Bertz CT molecular complexity index is 1140. The summed E-state index contributed by atoms with van der Waals surface area (Å²) in [7, 11) is 4.16. The molecule has 0 aliphatic rings. The van der Waals surface area contributed by atoms with Crippen LogP contribution in [-0.2, 0) is 18.0 Å². The summed E-state index contributed by atoms with van der Waals surface area (Å²) in [5.41, 5.74) is -1.33. The lowest BCUT2D eigenvalue weighted by atomic mass is 10.1. The van der Waals surface area contributed by atoms with Crippen LogP contribution in [0, 0.1) is 5.82 Å². The minimum atomic E-state index is -4.73. The smallest absolute Gasteiger partial charge is 0.349 e. The molecule has 3 aromatic rings. The Kier molecular flexibility index (Phi) is 6.27. The molecule has 0 bridgehead atoms. The normalized spacial score (nSPS) is 12.5. The van der Waals surface area contributed by atoms with Gasteiger partial charge < -0.3 is 14.7 Å². The van der Waals surface area contributed by atoms with Gasteiger partial charge in [0.05, 0.1) is 6.42 Å². The van der Waals surface area contributed by atoms with Gasteiger partial charge in [-0.2, -0.15) is 23.3 Å². The summed E-state index contributed by atoms with van der Waals surface area (Å²) in [5.74, 6) is -2.04. The van der Waals surface area contributed by atoms with E-state index in [1.807, 2.05) is 0 Å². The maximum Gasteiger partial charge on any atom is 0.435 e. The molecule has 1 N–H and O–H groups in total. The highest BCUT2D eigenvalue weighted by molar-refractivity contribution is 5.93. The highest BCUT2D eigenvalue weighted by Gasteiger charge is 2.36. The van der Waals surface area contributed by atoms with E-state index < -0.39 is 35.5 Å². The molecule has 0 saturated heterocycles. The first-order valence-corrected chi connectivity index (χ1v) is 9.17. The van der Waals surface area contributed by atoms with E-state index in [1.54, 1.807) is 0 Å². The van der Waals surface area contributed by atoms with Gasteiger partial charge in [-0.05, 0) is 12.1 Å². The Hall–Kier alpha value is -3.77. The number of carbonyl (C=O) groups excluding carboxylic acids is 2. The lowest BCUT2D eigenvalue weighted by molar-refractivity contribution is -0.141. The van der Waals surface area contributed by atoms with Crippen LogP contribution in [0.1, 0.15) is 34.5 Å². The molecule has 9 nitrogen and oxygen atoms in total. The van der Waals surface area contributed by atoms with Gasteiger partial charge in [-0.25, -0.2) is 4.39 Å². The number of hydrogen-bond acceptors (Lipinski definition) is 6. The second kappa shape index (κ2) is 8.77. The average molecular weight is 454 g/mol. The molecule has 3 rings (SSSR count). The highest BCUT2D eigenvalue weighted by atomic mass is 19.4. The van der Waals surface area contributed by atoms with E-state index in [-0.39, 0.29) is 23.8 Å². The summed E-state index contributed by atoms with van der Waals surface area (Å²) < 4.78 is 58.1. The van der Waals surface area contributed by atoms with Gasteiger partial charge >= 0.3 is 6.18 Å². The van der Waals surface area contributed by atoms with Crippen LogP contribution < -0.4 is 5.32 Å². The Balaban J connectivity index is 1.89. The fraction of sp³-hybridized carbons (Fsp3) is 0.316. The largest absolute Gasteiger partial charge is 0.435 e. The summed E-state index contributed by atoms with van der Waals surface area (Å²) in [6.45, 7) is 0. The lowest BCUT2D eigenvalue weighted by Crippen LogP contribution is -2.34. The molecule has 0 saturated carbocycles. The first-order valence-electron chi connectivity index (χ1n) is 9.17. The van der Waals surface area contributed by atoms with Crippen LogP contribution in [0.15, 0.2) is 34.9 Å². The van der Waals surface area contributed by atoms with Gasteiger partial charge in [-0.3, -0.25) is 14.3 Å². The minimum absolute atomic E-state index is 0.0101. The predicted octanol–water partition coefficient (Wildman–Crippen LogP) is 2.58. The topological polar surface area (TPSA) is 106 Å². The zero-order chi connectivity index (χ0) is 23.6. The number of aromatic nitrogens is 4. The first kappa shape index (κ1) is 22.9. The Morgan fingerprint density at radius 1 is 1.25 bits per heavy atom. The molecule has 2 amide bonds. The highest BCUT2D eigenvalue weighted by Crippen LogP contribution is 2.29. The van der Waals surface area contributed by atoms with Crippen molar-refractivity contribution >= 4 is 11.8 Å². The third-order valence-corrected chi connectivity index (χ3v) is 4.41. The Labute approximate surface area is 179 Å². The van der Waals surface area contributed by atoms with Crippen LogP contribution in [0.25, 0.3) is 11.4 Å². The van der Waals surface area contributed by atoms with E-state index in [9.17, 15) is 27.2 Å². The monoisotopic (exact) mass is 454 g/mol. The van der Waals surface area contributed by atoms with Crippen molar-refractivity contribution in [3.63, 3.8) is 0 Å². The van der Waals surface area contributed by atoms with Crippen LogP contribution in [0.2, 0.25) is 0 Å². The molecule has 0 fully saturated rings. The molecule has 0 aliphatic heterocycles. The zero-order valence-corrected chi connectivity index (χ0v) is 17.1. The summed E-state index contributed by atoms with van der Waals surface area (Å²) in [4.78, 5) is 30.3. The Morgan fingerprint density at radius 3 is 2.56 bits per heavy atom. The van der Waals surface area contributed by atoms with E-state index in [1.165, 1.54) is 50.3 Å². The average Bonchev–Trinajstić information content (AvgIpc) is 3.34. The number of nitrogens with one attached hydrogen (secondary N) is 1. The third-order valence-electron chi connectivity index (χ3n) is 4.41. The molecule has 1 aromatic carbocycles. The minimum Gasteiger partial charge on any atom is -0.349 e. The first-order chi connectivity index (χ1) is 15.0. The van der Waals surface area contributed by atoms with E-state index in [0.29, 0.717) is 11.6 Å². The molecule has 170 valence electrons. The van der Waals surface area contributed by atoms with Crippen LogP contribution in [0.5, 0.6) is 0 Å². The second-order valence-corrected chi connectivity index (χ2v) is 7.02. The second-order valence-electron chi connectivity index (χ2n) is 7.02. The van der Waals surface area contributed by atoms with Crippen molar-refractivity contribution in [3.8, 4) is 11.4 Å². The predicted molar refractivity (Wildman–Crippen MR) is 101 cm³/mol. The maximum absolute atomic E-state index is 13.5. The van der Waals surface area contributed by atoms with Crippen molar-refractivity contribution in [1.29, 1.82) is 0 Å². The molecule has 0 radical (unpaired) electrons. The molecule has 2 aromatic heterocycles. The fourth-order valence-corrected chi connectivity index (χ4v) is 2.73. The van der Waals surface area contributed by atoms with Crippen LogP contribution >= 0.6 is 0 Å². The van der Waals surface area contributed by atoms with Crippen LogP contribution in [0.3, 0.4) is 0 Å². The number of alkyl halides is 3. The van der Waals surface area contributed by atoms with Gasteiger partial charge in [0.2, 0.25) is 17.6 Å². The standard InChI is InChI=1S/C19H18F4N6O3/c1-28(2)15(30)8-12(18-25-16(27-32-18)10-5-4-6-11(20)7-10)24-17(31)13-9-14(19(21,22)23)26-29(13)3/h4-7,9,12H,8H2,1-3H3,(H,24,31)/t12-/m0/s1. The number of halogens is 4. The zero-order valence-electron chi connectivity index (χ0n) is 17.1. The molecule has 13 heteroatoms. The van der Waals surface area contributed by atoms with Crippen molar-refractivity contribution in [1.82, 2.24) is 30.1 Å². The lowest BCUT2D eigenvalue weighted by Gasteiger charge is -2.17. The number of carbonyl (C=O) groups is 2. The van der Waals surface area contributed by atoms with E-state index >= 15 is 0 Å². The van der Waals surface area contributed by atoms with Crippen molar-refractivity contribution in [2.75, 3.05) is 14.1 Å². The SMILES string of the molecule is CN(C)C(=O)C[C@H](NC(=O)c1cc(C(F)(F)F)nn1C)c1nc(-c2cccc(F)c2)no1. The number of benzene rings is 1. The quantitative estimate of drug-likeness (QED) is 0.574. The number of aryl methyl sites for hydroxylation is 1. The fourth-order valence-electron chi connectivity index (χ4n) is 2.73. The molecular weight excluding hydrogens is 436 g/mol. The third kappa shape index (κ3) is 5.10. The molecule has 1 atom stereocenters. The van der Waals surface area contributed by atoms with Crippen molar-refractivity contribution in [3.05, 3.63) is 53.4 Å². The Morgan fingerprint density at radius 2 is 1.97 bits per heavy atom. The van der Waals surface area contributed by atoms with Crippen LogP contribution in [-0.4, -0.2) is 50.7 Å². The number of nitrogens with zero attached hydrogens (tertiary/aromatic N) is 5. The maximum atomic E-state index is 13.5. The molecule has 0 spiro atoms. The van der Waals surface area contributed by atoms with Gasteiger partial charge in [0.1, 0.15) is 17.6 Å². The molecule has 0 aliphatic carbocycles. The van der Waals surface area contributed by atoms with Gasteiger partial charge in [0.25, 0.3) is 5.91 Å². The summed E-state index contributed by atoms with van der Waals surface area (Å²) in [6.07, 6.45) is -5.05. The van der Waals surface area contributed by atoms with E-state index in [0.717, 1.165) is 4.68 Å². The molecular formula is C19H18F4N6O3. The number of rotatable bonds is 6. The molecule has 32 heavy (non-hydrogen) atoms. The van der Waals surface area contributed by atoms with Gasteiger partial charge in [-0.15, -0.1) is 0 Å². The summed E-state index contributed by atoms with van der Waals surface area (Å²) in [6, 6.07) is 4.80. The van der Waals surface area contributed by atoms with Gasteiger partial charge in [0.15, 0.2) is 5.69 Å². The van der Waals surface area contributed by atoms with Crippen molar-refractivity contribution in [2.24, 2.45) is 7.05 Å². The van der Waals surface area contributed by atoms with E-state index in [2.05, 4.69) is 20.6 Å². The number of hydrogen-bond donors (Lipinski definition) is 1. The summed E-state index contributed by atoms with van der Waals surface area (Å²) >= 11 is 0. The van der Waals surface area contributed by atoms with Gasteiger partial charge in [-0.1, -0.05) is 17.3 Å². The van der Waals surface area contributed by atoms with Crippen molar-refractivity contribution in [2.45, 2.75) is 18.6 Å². The van der Waals surface area contributed by atoms with Crippen molar-refractivity contribution < 1.29 is 31.7 Å². The molecule has 0 unspecified atom stereocenters.